The fraction of sp³-hybridized carbons (Fsp3) is 0.350. The number of halogens is 1. The number of nitrogens with one attached hydrogen (secondary N) is 1. The van der Waals surface area contributed by atoms with E-state index < -0.39 is 0 Å². The van der Waals surface area contributed by atoms with Crippen LogP contribution in [0.5, 0.6) is 5.75 Å². The lowest BCUT2D eigenvalue weighted by Gasteiger charge is -2.24. The molecule has 0 heterocycles. The molecule has 0 bridgehead atoms. The maximum Gasteiger partial charge on any atom is 0.193 e. The normalized spacial score (nSPS) is 11.6. The number of nitrogens with two attached hydrogens (primary N) is 1. The van der Waals surface area contributed by atoms with Crippen LogP contribution in [0.1, 0.15) is 30.5 Å². The van der Waals surface area contributed by atoms with Gasteiger partial charge in [0.15, 0.2) is 5.96 Å². The largest absolute Gasteiger partial charge is 0.497 e. The van der Waals surface area contributed by atoms with Gasteiger partial charge >= 0.3 is 0 Å². The first kappa shape index (κ1) is 21.3. The van der Waals surface area contributed by atoms with Gasteiger partial charge in [0.1, 0.15) is 5.75 Å². The number of nitrogens with zero attached hydrogens (tertiary/aromatic N) is 1. The number of hydrogen-bond acceptors (Lipinski definition) is 2. The number of aliphatic imine (C=N–C) groups is 1. The molecule has 5 heteroatoms. The fourth-order valence-electron chi connectivity index (χ4n) is 2.65. The van der Waals surface area contributed by atoms with Crippen LogP contribution in [0.4, 0.5) is 5.69 Å². The zero-order chi connectivity index (χ0) is 17.7. The van der Waals surface area contributed by atoms with Crippen LogP contribution >= 0.6 is 24.0 Å². The van der Waals surface area contributed by atoms with Crippen molar-refractivity contribution in [3.05, 3.63) is 59.2 Å². The molecular weight excluding hydrogens is 425 g/mol. The first-order valence-electron chi connectivity index (χ1n) is 8.10. The topological polar surface area (TPSA) is 59.6 Å². The number of aryl methyl sites for hydroxylation is 2. The summed E-state index contributed by atoms with van der Waals surface area (Å²) in [6.07, 6.45) is 0. The van der Waals surface area contributed by atoms with Crippen molar-refractivity contribution in [1.29, 1.82) is 0 Å². The number of guanidine groups is 1. The molecule has 0 saturated heterocycles. The van der Waals surface area contributed by atoms with E-state index in [1.54, 1.807) is 7.11 Å². The van der Waals surface area contributed by atoms with E-state index in [2.05, 4.69) is 62.3 Å². The molecular formula is C20H28IN3O. The minimum atomic E-state index is -0.136. The molecule has 2 aromatic carbocycles. The van der Waals surface area contributed by atoms with E-state index in [0.29, 0.717) is 12.5 Å². The highest BCUT2D eigenvalue weighted by Gasteiger charge is 2.20. The predicted molar refractivity (Wildman–Crippen MR) is 117 cm³/mol. The van der Waals surface area contributed by atoms with E-state index >= 15 is 0 Å². The van der Waals surface area contributed by atoms with Gasteiger partial charge in [-0.05, 0) is 54.8 Å². The van der Waals surface area contributed by atoms with Gasteiger partial charge in [-0.2, -0.15) is 0 Å². The molecule has 0 aliphatic carbocycles. The number of anilines is 1. The Morgan fingerprint density at radius 3 is 2.36 bits per heavy atom. The summed E-state index contributed by atoms with van der Waals surface area (Å²) in [4.78, 5) is 4.52. The zero-order valence-electron chi connectivity index (χ0n) is 15.6. The Morgan fingerprint density at radius 2 is 1.76 bits per heavy atom. The van der Waals surface area contributed by atoms with E-state index in [0.717, 1.165) is 11.4 Å². The van der Waals surface area contributed by atoms with Crippen LogP contribution in [0.2, 0.25) is 0 Å². The van der Waals surface area contributed by atoms with E-state index in [4.69, 9.17) is 10.5 Å². The van der Waals surface area contributed by atoms with Crippen LogP contribution in [0.3, 0.4) is 0 Å². The van der Waals surface area contributed by atoms with Gasteiger partial charge in [0.2, 0.25) is 0 Å². The molecule has 3 N–H and O–H groups in total. The predicted octanol–water partition coefficient (Wildman–Crippen LogP) is 4.63. The molecule has 0 aromatic heterocycles. The fourth-order valence-corrected chi connectivity index (χ4v) is 2.65. The smallest absolute Gasteiger partial charge is 0.193 e. The third-order valence-corrected chi connectivity index (χ3v) is 3.99. The third-order valence-electron chi connectivity index (χ3n) is 3.99. The molecule has 0 aliphatic rings. The van der Waals surface area contributed by atoms with Gasteiger partial charge in [-0.25, -0.2) is 0 Å². The molecule has 4 nitrogen and oxygen atoms in total. The molecule has 0 spiro atoms. The van der Waals surface area contributed by atoms with E-state index in [9.17, 15) is 0 Å². The molecule has 0 saturated carbocycles. The second-order valence-electron chi connectivity index (χ2n) is 6.82. The van der Waals surface area contributed by atoms with Crippen LogP contribution in [0.25, 0.3) is 0 Å². The Hall–Kier alpha value is -1.76. The van der Waals surface area contributed by atoms with Crippen molar-refractivity contribution in [2.24, 2.45) is 10.7 Å². The van der Waals surface area contributed by atoms with Crippen molar-refractivity contribution in [1.82, 2.24) is 0 Å². The Balaban J connectivity index is 0.00000312. The minimum Gasteiger partial charge on any atom is -0.497 e. The highest BCUT2D eigenvalue weighted by Crippen LogP contribution is 2.26. The summed E-state index contributed by atoms with van der Waals surface area (Å²) in [6.45, 7) is 9.02. The van der Waals surface area contributed by atoms with Crippen LogP contribution < -0.4 is 15.8 Å². The van der Waals surface area contributed by atoms with Crippen molar-refractivity contribution < 1.29 is 4.74 Å². The van der Waals surface area contributed by atoms with Crippen LogP contribution in [-0.2, 0) is 5.41 Å². The van der Waals surface area contributed by atoms with E-state index in [1.807, 2.05) is 18.2 Å². The van der Waals surface area contributed by atoms with Crippen molar-refractivity contribution in [3.63, 3.8) is 0 Å². The van der Waals surface area contributed by atoms with Gasteiger partial charge in [-0.15, -0.1) is 24.0 Å². The zero-order valence-corrected chi connectivity index (χ0v) is 17.9. The Labute approximate surface area is 167 Å². The number of ether oxygens (including phenoxy) is 1. The van der Waals surface area contributed by atoms with Gasteiger partial charge in [-0.3, -0.25) is 4.99 Å². The summed E-state index contributed by atoms with van der Waals surface area (Å²) in [5, 5.41) is 3.17. The van der Waals surface area contributed by atoms with E-state index in [1.165, 1.54) is 16.7 Å². The molecule has 2 aromatic rings. The summed E-state index contributed by atoms with van der Waals surface area (Å²) >= 11 is 0. The number of hydrogen-bond donors (Lipinski definition) is 2. The molecule has 136 valence electrons. The number of methoxy groups -OCH3 is 1. The second kappa shape index (κ2) is 9.08. The lowest BCUT2D eigenvalue weighted by Crippen LogP contribution is -2.27. The summed E-state index contributed by atoms with van der Waals surface area (Å²) < 4.78 is 5.30. The first-order chi connectivity index (χ1) is 11.3. The highest BCUT2D eigenvalue weighted by molar-refractivity contribution is 14.0. The minimum absolute atomic E-state index is 0. The van der Waals surface area contributed by atoms with Crippen molar-refractivity contribution >= 4 is 35.6 Å². The molecule has 0 fully saturated rings. The standard InChI is InChI=1S/C20H27N3O.HI/c1-14-9-15(2)11-17(10-14)23-19(21)22-13-20(3,4)16-7-6-8-18(12-16)24-5;/h6-12H,13H2,1-5H3,(H3,21,22,23);1H. The number of rotatable bonds is 5. The van der Waals surface area contributed by atoms with Gasteiger partial charge in [0, 0.05) is 11.1 Å². The quantitative estimate of drug-likeness (QED) is 0.394. The Kier molecular flexibility index (Phi) is 7.73. The highest BCUT2D eigenvalue weighted by atomic mass is 127. The average molecular weight is 453 g/mol. The van der Waals surface area contributed by atoms with Crippen molar-refractivity contribution in [2.75, 3.05) is 19.0 Å². The molecule has 0 unspecified atom stereocenters. The average Bonchev–Trinajstić information content (AvgIpc) is 2.52. The Morgan fingerprint density at radius 1 is 1.12 bits per heavy atom. The van der Waals surface area contributed by atoms with Gasteiger partial charge in [0.05, 0.1) is 13.7 Å². The van der Waals surface area contributed by atoms with Gasteiger partial charge in [-0.1, -0.05) is 32.0 Å². The molecule has 0 amide bonds. The van der Waals surface area contributed by atoms with Gasteiger partial charge < -0.3 is 15.8 Å². The third kappa shape index (κ3) is 6.23. The molecule has 25 heavy (non-hydrogen) atoms. The second-order valence-corrected chi connectivity index (χ2v) is 6.82. The van der Waals surface area contributed by atoms with Crippen molar-refractivity contribution in [3.8, 4) is 5.75 Å². The SMILES string of the molecule is COc1cccc(C(C)(C)CN=C(N)Nc2cc(C)cc(C)c2)c1.I. The monoisotopic (exact) mass is 453 g/mol. The van der Waals surface area contributed by atoms with E-state index in [-0.39, 0.29) is 29.4 Å². The van der Waals surface area contributed by atoms with Crippen LogP contribution in [0.15, 0.2) is 47.5 Å². The maximum absolute atomic E-state index is 6.06. The Bertz CT molecular complexity index is 721. The van der Waals surface area contributed by atoms with Gasteiger partial charge in [0.25, 0.3) is 0 Å². The number of benzene rings is 2. The molecule has 0 aliphatic heterocycles. The summed E-state index contributed by atoms with van der Waals surface area (Å²) in [6, 6.07) is 14.3. The lowest BCUT2D eigenvalue weighted by molar-refractivity contribution is 0.412. The molecule has 0 radical (unpaired) electrons. The van der Waals surface area contributed by atoms with Crippen LogP contribution in [0, 0.1) is 13.8 Å². The summed E-state index contributed by atoms with van der Waals surface area (Å²) in [5.74, 6) is 1.28. The first-order valence-corrected chi connectivity index (χ1v) is 8.10. The summed E-state index contributed by atoms with van der Waals surface area (Å²) in [7, 11) is 1.68. The lowest BCUT2D eigenvalue weighted by atomic mass is 9.85. The molecule has 0 atom stereocenters. The van der Waals surface area contributed by atoms with Crippen LogP contribution in [-0.4, -0.2) is 19.6 Å². The van der Waals surface area contributed by atoms with Crippen molar-refractivity contribution in [2.45, 2.75) is 33.1 Å². The summed E-state index contributed by atoms with van der Waals surface area (Å²) in [5.41, 5.74) is 10.5. The molecule has 2 rings (SSSR count). The maximum atomic E-state index is 6.06.